The van der Waals surface area contributed by atoms with Crippen LogP contribution in [0.15, 0.2) is 65.8 Å². The molecule has 0 saturated carbocycles. The first-order chi connectivity index (χ1) is 15.5. The number of rotatable bonds is 3. The summed E-state index contributed by atoms with van der Waals surface area (Å²) >= 11 is 0. The molecule has 0 radical (unpaired) electrons. The number of piperidine rings is 1. The topological polar surface area (TPSA) is 83.4 Å². The zero-order chi connectivity index (χ0) is 22.3. The summed E-state index contributed by atoms with van der Waals surface area (Å²) in [5, 5.41) is 0. The summed E-state index contributed by atoms with van der Waals surface area (Å²) in [6, 6.07) is 14.5. The van der Waals surface area contributed by atoms with Gasteiger partial charge in [-0.25, -0.2) is 9.97 Å². The summed E-state index contributed by atoms with van der Waals surface area (Å²) in [5.41, 5.74) is 3.69. The lowest BCUT2D eigenvalue weighted by Gasteiger charge is -2.41. The first-order valence-corrected chi connectivity index (χ1v) is 10.8. The van der Waals surface area contributed by atoms with Gasteiger partial charge in [0.15, 0.2) is 0 Å². The van der Waals surface area contributed by atoms with Gasteiger partial charge >= 0.3 is 0 Å². The van der Waals surface area contributed by atoms with Crippen molar-refractivity contribution in [3.8, 4) is 0 Å². The second kappa shape index (κ2) is 7.75. The minimum absolute atomic E-state index is 0.0890. The van der Waals surface area contributed by atoms with E-state index in [4.69, 9.17) is 4.98 Å². The Balaban J connectivity index is 1.50. The molecule has 7 heteroatoms. The first-order valence-electron chi connectivity index (χ1n) is 10.8. The molecular formula is C25H25N5O2. The number of imidazole rings is 1. The third-order valence-corrected chi connectivity index (χ3v) is 6.56. The highest BCUT2D eigenvalue weighted by Gasteiger charge is 2.41. The van der Waals surface area contributed by atoms with Crippen LogP contribution in [0.3, 0.4) is 0 Å². The van der Waals surface area contributed by atoms with Crippen molar-refractivity contribution in [1.82, 2.24) is 24.3 Å². The van der Waals surface area contributed by atoms with E-state index in [-0.39, 0.29) is 16.9 Å². The highest BCUT2D eigenvalue weighted by Crippen LogP contribution is 2.41. The molecule has 4 heterocycles. The lowest BCUT2D eigenvalue weighted by atomic mass is 9.70. The second-order valence-electron chi connectivity index (χ2n) is 8.50. The highest BCUT2D eigenvalue weighted by molar-refractivity contribution is 5.93. The van der Waals surface area contributed by atoms with Crippen LogP contribution >= 0.6 is 0 Å². The number of aromatic amines is 1. The fourth-order valence-electron chi connectivity index (χ4n) is 4.73. The van der Waals surface area contributed by atoms with Crippen molar-refractivity contribution in [3.63, 3.8) is 0 Å². The molecule has 0 unspecified atom stereocenters. The summed E-state index contributed by atoms with van der Waals surface area (Å²) in [6.07, 6.45) is 6.96. The van der Waals surface area contributed by atoms with Crippen LogP contribution < -0.4 is 5.56 Å². The lowest BCUT2D eigenvalue weighted by Crippen LogP contribution is -2.47. The van der Waals surface area contributed by atoms with E-state index in [0.717, 1.165) is 29.7 Å². The molecule has 0 spiro atoms. The zero-order valence-corrected chi connectivity index (χ0v) is 18.2. The molecule has 0 aliphatic carbocycles. The lowest BCUT2D eigenvalue weighted by molar-refractivity contribution is 0.0681. The van der Waals surface area contributed by atoms with Crippen LogP contribution in [0.25, 0.3) is 5.65 Å². The largest absolute Gasteiger partial charge is 0.338 e. The number of carbonyl (C=O) groups excluding carboxylic acids is 1. The molecule has 1 N–H and O–H groups in total. The number of fused-ring (bicyclic) bond motifs is 1. The Labute approximate surface area is 185 Å². The number of nitrogens with zero attached hydrogens (tertiary/aromatic N) is 4. The smallest absolute Gasteiger partial charge is 0.263 e. The zero-order valence-electron chi connectivity index (χ0n) is 18.2. The second-order valence-corrected chi connectivity index (χ2v) is 8.50. The van der Waals surface area contributed by atoms with Crippen LogP contribution in [-0.4, -0.2) is 43.2 Å². The van der Waals surface area contributed by atoms with Gasteiger partial charge in [-0.1, -0.05) is 36.4 Å². The van der Waals surface area contributed by atoms with E-state index >= 15 is 0 Å². The number of nitrogens with one attached hydrogen (secondary N) is 1. The average Bonchev–Trinajstić information content (AvgIpc) is 3.26. The number of H-pyrrole nitrogens is 1. The van der Waals surface area contributed by atoms with Gasteiger partial charge in [0, 0.05) is 37.1 Å². The maximum absolute atomic E-state index is 13.0. The van der Waals surface area contributed by atoms with E-state index in [2.05, 4.69) is 45.7 Å². The summed E-state index contributed by atoms with van der Waals surface area (Å²) < 4.78 is 2.07. The van der Waals surface area contributed by atoms with E-state index in [1.807, 2.05) is 30.5 Å². The number of aromatic nitrogens is 4. The molecule has 1 amide bonds. The summed E-state index contributed by atoms with van der Waals surface area (Å²) in [7, 11) is 0. The molecule has 1 aliphatic heterocycles. The number of aryl methyl sites for hydroxylation is 2. The van der Waals surface area contributed by atoms with Crippen molar-refractivity contribution in [2.45, 2.75) is 32.1 Å². The molecule has 1 fully saturated rings. The maximum Gasteiger partial charge on any atom is 0.263 e. The summed E-state index contributed by atoms with van der Waals surface area (Å²) in [5.74, 6) is 0.224. The van der Waals surface area contributed by atoms with Gasteiger partial charge in [0.2, 0.25) is 0 Å². The number of pyridine rings is 1. The fraction of sp³-hybridized carbons (Fsp3) is 0.280. The quantitative estimate of drug-likeness (QED) is 0.544. The Kier molecular flexibility index (Phi) is 4.89. The highest BCUT2D eigenvalue weighted by atomic mass is 16.2. The SMILES string of the molecule is Cc1ncc(C(=O)N2CCC(c3ccccc3)(c3cn4cccc(C)c4n3)CC2)c(=O)[nH]1. The van der Waals surface area contributed by atoms with Crippen molar-refractivity contribution in [2.75, 3.05) is 13.1 Å². The van der Waals surface area contributed by atoms with Crippen LogP contribution in [0, 0.1) is 13.8 Å². The molecule has 162 valence electrons. The van der Waals surface area contributed by atoms with Gasteiger partial charge in [0.25, 0.3) is 11.5 Å². The molecular weight excluding hydrogens is 402 g/mol. The van der Waals surface area contributed by atoms with E-state index in [1.165, 1.54) is 11.8 Å². The first kappa shape index (κ1) is 20.2. The molecule has 3 aromatic heterocycles. The Bertz CT molecular complexity index is 1350. The summed E-state index contributed by atoms with van der Waals surface area (Å²) in [4.78, 5) is 38.8. The normalized spacial score (nSPS) is 15.8. The molecule has 1 aromatic carbocycles. The van der Waals surface area contributed by atoms with E-state index in [1.54, 1.807) is 11.8 Å². The fourth-order valence-corrected chi connectivity index (χ4v) is 4.73. The monoisotopic (exact) mass is 427 g/mol. The van der Waals surface area contributed by atoms with Gasteiger partial charge in [0.1, 0.15) is 17.0 Å². The average molecular weight is 428 g/mol. The Hall–Kier alpha value is -3.74. The Morgan fingerprint density at radius 1 is 1.06 bits per heavy atom. The van der Waals surface area contributed by atoms with Gasteiger partial charge in [-0.3, -0.25) is 9.59 Å². The van der Waals surface area contributed by atoms with Crippen LogP contribution in [0.1, 0.15) is 45.8 Å². The minimum atomic E-state index is -0.391. The van der Waals surface area contributed by atoms with E-state index in [0.29, 0.717) is 18.9 Å². The van der Waals surface area contributed by atoms with Crippen LogP contribution in [0.5, 0.6) is 0 Å². The molecule has 1 aliphatic rings. The molecule has 4 aromatic rings. The Morgan fingerprint density at radius 3 is 2.50 bits per heavy atom. The van der Waals surface area contributed by atoms with Gasteiger partial charge in [-0.05, 0) is 43.9 Å². The molecule has 32 heavy (non-hydrogen) atoms. The van der Waals surface area contributed by atoms with Crippen LogP contribution in [-0.2, 0) is 5.41 Å². The standard InChI is InChI=1S/C25H25N5O2/c1-17-7-6-12-30-16-21(28-22(17)30)25(19-8-4-3-5-9-19)10-13-29(14-11-25)24(32)20-15-26-18(2)27-23(20)31/h3-9,12,15-16H,10-11,13-14H2,1-2H3,(H,26,27,31). The molecule has 0 atom stereocenters. The van der Waals surface area contributed by atoms with E-state index < -0.39 is 5.56 Å². The van der Waals surface area contributed by atoms with E-state index in [9.17, 15) is 9.59 Å². The van der Waals surface area contributed by atoms with Gasteiger partial charge in [-0.2, -0.15) is 0 Å². The Morgan fingerprint density at radius 2 is 1.81 bits per heavy atom. The maximum atomic E-state index is 13.0. The van der Waals surface area contributed by atoms with Crippen molar-refractivity contribution in [3.05, 3.63) is 99.6 Å². The molecule has 1 saturated heterocycles. The number of benzene rings is 1. The van der Waals surface area contributed by atoms with Gasteiger partial charge < -0.3 is 14.3 Å². The minimum Gasteiger partial charge on any atom is -0.338 e. The predicted molar refractivity (Wildman–Crippen MR) is 122 cm³/mol. The van der Waals surface area contributed by atoms with Crippen molar-refractivity contribution in [2.24, 2.45) is 0 Å². The van der Waals surface area contributed by atoms with Gasteiger partial charge in [0.05, 0.1) is 5.69 Å². The van der Waals surface area contributed by atoms with Crippen molar-refractivity contribution in [1.29, 1.82) is 0 Å². The third kappa shape index (κ3) is 3.30. The molecule has 0 bridgehead atoms. The number of likely N-dealkylation sites (tertiary alicyclic amines) is 1. The molecule has 5 rings (SSSR count). The van der Waals surface area contributed by atoms with Gasteiger partial charge in [-0.15, -0.1) is 0 Å². The summed E-state index contributed by atoms with van der Waals surface area (Å²) in [6.45, 7) is 4.83. The number of amides is 1. The number of hydrogen-bond donors (Lipinski definition) is 1. The predicted octanol–water partition coefficient (Wildman–Crippen LogP) is 3.26. The molecule has 7 nitrogen and oxygen atoms in total. The number of carbonyl (C=O) groups is 1. The number of hydrogen-bond acceptors (Lipinski definition) is 4. The van der Waals surface area contributed by atoms with Crippen molar-refractivity contribution < 1.29 is 4.79 Å². The van der Waals surface area contributed by atoms with Crippen LogP contribution in [0.2, 0.25) is 0 Å². The van der Waals surface area contributed by atoms with Crippen LogP contribution in [0.4, 0.5) is 0 Å². The van der Waals surface area contributed by atoms with Crippen molar-refractivity contribution >= 4 is 11.6 Å². The third-order valence-electron chi connectivity index (χ3n) is 6.56.